The zero-order valence-electron chi connectivity index (χ0n) is 15.3. The molecular weight excluding hydrogens is 357 g/mol. The lowest BCUT2D eigenvalue weighted by Crippen LogP contribution is -2.04. The Morgan fingerprint density at radius 3 is 1.89 bits per heavy atom. The summed E-state index contributed by atoms with van der Waals surface area (Å²) < 4.78 is 37.9. The van der Waals surface area contributed by atoms with Crippen LogP contribution in [0.5, 0.6) is 0 Å². The van der Waals surface area contributed by atoms with Gasteiger partial charge in [-0.25, -0.2) is 0 Å². The topological polar surface area (TPSA) is 0 Å². The fourth-order valence-corrected chi connectivity index (χ4v) is 3.31. The van der Waals surface area contributed by atoms with E-state index in [1.54, 1.807) is 0 Å². The summed E-state index contributed by atoms with van der Waals surface area (Å²) in [5.74, 6) is 5.99. The highest BCUT2D eigenvalue weighted by atomic mass is 19.4. The second-order valence-electron chi connectivity index (χ2n) is 6.74. The van der Waals surface area contributed by atoms with E-state index < -0.39 is 11.7 Å². The average molecular weight is 374 g/mol. The van der Waals surface area contributed by atoms with Crippen LogP contribution < -0.4 is 0 Å². The summed E-state index contributed by atoms with van der Waals surface area (Å²) in [5, 5.41) is 4.68. The van der Waals surface area contributed by atoms with E-state index in [9.17, 15) is 13.2 Å². The van der Waals surface area contributed by atoms with Crippen molar-refractivity contribution in [2.24, 2.45) is 0 Å². The Labute approximate surface area is 161 Å². The normalized spacial score (nSPS) is 11.4. The van der Waals surface area contributed by atoms with E-state index in [1.165, 1.54) is 33.9 Å². The first-order valence-electron chi connectivity index (χ1n) is 9.09. The molecule has 4 aromatic rings. The third-order valence-electron chi connectivity index (χ3n) is 4.87. The van der Waals surface area contributed by atoms with Gasteiger partial charge in [0, 0.05) is 11.1 Å². The molecule has 28 heavy (non-hydrogen) atoms. The molecule has 0 aliphatic carbocycles. The molecule has 4 aromatic carbocycles. The van der Waals surface area contributed by atoms with Gasteiger partial charge in [0.1, 0.15) is 0 Å². The van der Waals surface area contributed by atoms with Crippen molar-refractivity contribution in [1.82, 2.24) is 0 Å². The molecule has 0 aromatic heterocycles. The largest absolute Gasteiger partial charge is 0.416 e. The van der Waals surface area contributed by atoms with Crippen LogP contribution in [0.15, 0.2) is 72.8 Å². The maximum Gasteiger partial charge on any atom is 0.416 e. The van der Waals surface area contributed by atoms with Gasteiger partial charge in [-0.05, 0) is 69.9 Å². The number of hydrogen-bond acceptors (Lipinski definition) is 0. The number of alkyl halides is 3. The third kappa shape index (κ3) is 3.59. The first-order chi connectivity index (χ1) is 13.4. The van der Waals surface area contributed by atoms with Crippen LogP contribution in [0.4, 0.5) is 13.2 Å². The molecule has 0 atom stereocenters. The van der Waals surface area contributed by atoms with Gasteiger partial charge in [-0.1, -0.05) is 55.2 Å². The van der Waals surface area contributed by atoms with Crippen molar-refractivity contribution in [1.29, 1.82) is 0 Å². The molecule has 4 rings (SSSR count). The molecule has 3 heteroatoms. The van der Waals surface area contributed by atoms with Gasteiger partial charge < -0.3 is 0 Å². The predicted octanol–water partition coefficient (Wildman–Crippen LogP) is 6.97. The molecule has 138 valence electrons. The zero-order chi connectivity index (χ0) is 19.7. The van der Waals surface area contributed by atoms with Crippen molar-refractivity contribution in [2.75, 3.05) is 0 Å². The number of aryl methyl sites for hydroxylation is 1. The Morgan fingerprint density at radius 2 is 1.25 bits per heavy atom. The maximum absolute atomic E-state index is 12.6. The fourth-order valence-electron chi connectivity index (χ4n) is 3.31. The molecule has 0 unspecified atom stereocenters. The van der Waals surface area contributed by atoms with Crippen LogP contribution >= 0.6 is 0 Å². The molecule has 0 nitrogen and oxygen atoms in total. The van der Waals surface area contributed by atoms with Crippen LogP contribution in [0.3, 0.4) is 0 Å². The summed E-state index contributed by atoms with van der Waals surface area (Å²) in [5.41, 5.74) is 2.03. The highest BCUT2D eigenvalue weighted by Gasteiger charge is 2.29. The van der Waals surface area contributed by atoms with Crippen molar-refractivity contribution in [3.05, 3.63) is 95.1 Å². The fraction of sp³-hybridized carbons (Fsp3) is 0.120. The van der Waals surface area contributed by atoms with E-state index >= 15 is 0 Å². The average Bonchev–Trinajstić information content (AvgIpc) is 2.71. The lowest BCUT2D eigenvalue weighted by atomic mass is 9.98. The number of fused-ring (bicyclic) bond motifs is 3. The van der Waals surface area contributed by atoms with Gasteiger partial charge in [0.25, 0.3) is 0 Å². The summed E-state index contributed by atoms with van der Waals surface area (Å²) in [6.07, 6.45) is -3.32. The van der Waals surface area contributed by atoms with Crippen LogP contribution in [0.25, 0.3) is 21.5 Å². The van der Waals surface area contributed by atoms with Crippen molar-refractivity contribution >= 4 is 21.5 Å². The minimum absolute atomic E-state index is 0.554. The van der Waals surface area contributed by atoms with Gasteiger partial charge in [-0.15, -0.1) is 0 Å². The Bertz CT molecular complexity index is 1220. The molecule has 0 bridgehead atoms. The Balaban J connectivity index is 1.67. The second-order valence-corrected chi connectivity index (χ2v) is 6.74. The van der Waals surface area contributed by atoms with E-state index in [1.807, 2.05) is 12.1 Å². The Kier molecular flexibility index (Phi) is 4.57. The van der Waals surface area contributed by atoms with E-state index in [2.05, 4.69) is 55.2 Å². The molecule has 0 radical (unpaired) electrons. The van der Waals surface area contributed by atoms with Gasteiger partial charge in [0.15, 0.2) is 0 Å². The van der Waals surface area contributed by atoms with Crippen molar-refractivity contribution < 1.29 is 13.2 Å². The van der Waals surface area contributed by atoms with Gasteiger partial charge >= 0.3 is 6.18 Å². The molecular formula is C25H17F3. The molecule has 0 fully saturated rings. The molecule has 0 N–H and O–H groups in total. The number of hydrogen-bond donors (Lipinski definition) is 0. The second kappa shape index (κ2) is 7.05. The molecule has 0 amide bonds. The maximum atomic E-state index is 12.6. The number of rotatable bonds is 1. The van der Waals surface area contributed by atoms with Crippen LogP contribution in [0.2, 0.25) is 0 Å². The Hall–Kier alpha value is -3.25. The van der Waals surface area contributed by atoms with Crippen LogP contribution in [0, 0.1) is 11.8 Å². The minimum atomic E-state index is -4.33. The van der Waals surface area contributed by atoms with Gasteiger partial charge in [0.2, 0.25) is 0 Å². The van der Waals surface area contributed by atoms with E-state index in [0.717, 1.165) is 29.5 Å². The smallest absolute Gasteiger partial charge is 0.166 e. The van der Waals surface area contributed by atoms with E-state index in [0.29, 0.717) is 5.56 Å². The highest BCUT2D eigenvalue weighted by molar-refractivity contribution is 6.07. The third-order valence-corrected chi connectivity index (χ3v) is 4.87. The van der Waals surface area contributed by atoms with Crippen molar-refractivity contribution in [3.63, 3.8) is 0 Å². The van der Waals surface area contributed by atoms with Crippen LogP contribution in [-0.4, -0.2) is 0 Å². The number of benzene rings is 4. The molecule has 0 aliphatic heterocycles. The SMILES string of the molecule is CCc1ccc2c(ccc3cc(C#Cc4ccc(C(F)(F)F)cc4)ccc32)c1. The van der Waals surface area contributed by atoms with Crippen LogP contribution in [0.1, 0.15) is 29.2 Å². The van der Waals surface area contributed by atoms with Crippen LogP contribution in [-0.2, 0) is 12.6 Å². The first kappa shape index (κ1) is 18.1. The van der Waals surface area contributed by atoms with E-state index in [-0.39, 0.29) is 0 Å². The Morgan fingerprint density at radius 1 is 0.679 bits per heavy atom. The molecule has 0 saturated carbocycles. The molecule has 0 heterocycles. The quantitative estimate of drug-likeness (QED) is 0.249. The lowest BCUT2D eigenvalue weighted by Gasteiger charge is -2.06. The highest BCUT2D eigenvalue weighted by Crippen LogP contribution is 2.29. The summed E-state index contributed by atoms with van der Waals surface area (Å²) in [7, 11) is 0. The molecule has 0 aliphatic rings. The van der Waals surface area contributed by atoms with Gasteiger partial charge in [0.05, 0.1) is 5.56 Å². The zero-order valence-corrected chi connectivity index (χ0v) is 15.3. The first-order valence-corrected chi connectivity index (χ1v) is 9.09. The summed E-state index contributed by atoms with van der Waals surface area (Å²) in [6, 6.07) is 21.7. The van der Waals surface area contributed by atoms with Crippen molar-refractivity contribution in [2.45, 2.75) is 19.5 Å². The van der Waals surface area contributed by atoms with E-state index in [4.69, 9.17) is 0 Å². The monoisotopic (exact) mass is 374 g/mol. The predicted molar refractivity (Wildman–Crippen MR) is 108 cm³/mol. The van der Waals surface area contributed by atoms with Crippen molar-refractivity contribution in [3.8, 4) is 11.8 Å². The minimum Gasteiger partial charge on any atom is -0.166 e. The standard InChI is InChI=1S/C25H17F3/c1-2-17-7-13-23-20(15-17)9-10-21-16-19(8-14-24(21)23)4-3-18-5-11-22(12-6-18)25(26,27)28/h5-16H,2H2,1H3. The van der Waals surface area contributed by atoms with Gasteiger partial charge in [-0.2, -0.15) is 13.2 Å². The van der Waals surface area contributed by atoms with Gasteiger partial charge in [-0.3, -0.25) is 0 Å². The lowest BCUT2D eigenvalue weighted by molar-refractivity contribution is -0.137. The molecule has 0 spiro atoms. The number of halogens is 3. The molecule has 0 saturated heterocycles. The summed E-state index contributed by atoms with van der Waals surface area (Å²) >= 11 is 0. The summed E-state index contributed by atoms with van der Waals surface area (Å²) in [6.45, 7) is 2.14. The summed E-state index contributed by atoms with van der Waals surface area (Å²) in [4.78, 5) is 0.